The molecule has 0 bridgehead atoms. The Labute approximate surface area is 118 Å². The molecule has 1 amide bonds. The van der Waals surface area contributed by atoms with E-state index in [1.807, 2.05) is 0 Å². The molecule has 2 aromatic rings. The van der Waals surface area contributed by atoms with Crippen molar-refractivity contribution in [3.8, 4) is 0 Å². The van der Waals surface area contributed by atoms with E-state index in [0.717, 1.165) is 12.3 Å². The van der Waals surface area contributed by atoms with E-state index in [2.05, 4.69) is 20.5 Å². The summed E-state index contributed by atoms with van der Waals surface area (Å²) in [4.78, 5) is 25.8. The van der Waals surface area contributed by atoms with Crippen LogP contribution in [0.25, 0.3) is 0 Å². The van der Waals surface area contributed by atoms with Crippen molar-refractivity contribution >= 4 is 28.9 Å². The number of carbonyl (C=O) groups is 1. The smallest absolute Gasteiger partial charge is 0.288 e. The molecule has 0 radical (unpaired) electrons. The van der Waals surface area contributed by atoms with Crippen LogP contribution in [0.5, 0.6) is 0 Å². The highest BCUT2D eigenvalue weighted by Crippen LogP contribution is 2.22. The minimum atomic E-state index is -0.644. The van der Waals surface area contributed by atoms with Crippen LogP contribution >= 0.6 is 11.6 Å². The van der Waals surface area contributed by atoms with Crippen molar-refractivity contribution in [1.29, 1.82) is 0 Å². The summed E-state index contributed by atoms with van der Waals surface area (Å²) >= 11 is 5.80. The van der Waals surface area contributed by atoms with Gasteiger partial charge in [-0.3, -0.25) is 20.0 Å². The summed E-state index contributed by atoms with van der Waals surface area (Å²) in [5.74, 6) is -0.584. The largest absolute Gasteiger partial charge is 0.319 e. The zero-order valence-corrected chi connectivity index (χ0v) is 11.4. The summed E-state index contributed by atoms with van der Waals surface area (Å²) in [6, 6.07) is 1.08. The Kier molecular flexibility index (Phi) is 3.66. The summed E-state index contributed by atoms with van der Waals surface area (Å²) in [6.07, 6.45) is 0.994. The maximum atomic E-state index is 12.1. The number of anilines is 1. The van der Waals surface area contributed by atoms with Crippen molar-refractivity contribution in [2.24, 2.45) is 0 Å². The van der Waals surface area contributed by atoms with Gasteiger partial charge in [-0.1, -0.05) is 11.6 Å². The van der Waals surface area contributed by atoms with E-state index in [1.54, 1.807) is 13.8 Å². The van der Waals surface area contributed by atoms with Crippen LogP contribution in [0.4, 0.5) is 11.4 Å². The summed E-state index contributed by atoms with van der Waals surface area (Å²) in [5, 5.41) is 19.8. The van der Waals surface area contributed by atoms with Gasteiger partial charge < -0.3 is 5.32 Å². The van der Waals surface area contributed by atoms with Crippen molar-refractivity contribution in [2.45, 2.75) is 13.8 Å². The fourth-order valence-electron chi connectivity index (χ4n) is 1.61. The normalized spacial score (nSPS) is 10.3. The van der Waals surface area contributed by atoms with Gasteiger partial charge in [0.15, 0.2) is 0 Å². The fourth-order valence-corrected chi connectivity index (χ4v) is 1.80. The maximum absolute atomic E-state index is 12.1. The SMILES string of the molecule is Cc1n[nH]c(C)c1NC(=O)c1cc([N+](=O)[O-])cnc1Cl. The molecule has 0 unspecified atom stereocenters. The molecule has 2 N–H and O–H groups in total. The van der Waals surface area contributed by atoms with Crippen molar-refractivity contribution in [1.82, 2.24) is 15.2 Å². The Balaban J connectivity index is 2.34. The van der Waals surface area contributed by atoms with Gasteiger partial charge in [0.1, 0.15) is 11.3 Å². The highest BCUT2D eigenvalue weighted by atomic mass is 35.5. The van der Waals surface area contributed by atoms with Crippen LogP contribution in [0.1, 0.15) is 21.7 Å². The monoisotopic (exact) mass is 295 g/mol. The number of pyridine rings is 1. The lowest BCUT2D eigenvalue weighted by Gasteiger charge is -2.06. The van der Waals surface area contributed by atoms with E-state index in [9.17, 15) is 14.9 Å². The number of nitrogens with zero attached hydrogens (tertiary/aromatic N) is 3. The van der Waals surface area contributed by atoms with Gasteiger partial charge in [-0.05, 0) is 13.8 Å². The number of aromatic nitrogens is 3. The second-order valence-electron chi connectivity index (χ2n) is 4.05. The van der Waals surface area contributed by atoms with Gasteiger partial charge in [-0.2, -0.15) is 5.10 Å². The molecule has 0 spiro atoms. The van der Waals surface area contributed by atoms with Gasteiger partial charge in [0.2, 0.25) is 0 Å². The van der Waals surface area contributed by atoms with E-state index >= 15 is 0 Å². The van der Waals surface area contributed by atoms with Crippen molar-refractivity contribution in [2.75, 3.05) is 5.32 Å². The molecular formula is C11H10ClN5O3. The predicted octanol–water partition coefficient (Wildman–Crippen LogP) is 2.24. The first-order valence-corrected chi connectivity index (χ1v) is 5.90. The molecule has 8 nitrogen and oxygen atoms in total. The summed E-state index contributed by atoms with van der Waals surface area (Å²) in [7, 11) is 0. The van der Waals surface area contributed by atoms with Crippen LogP contribution in [-0.2, 0) is 0 Å². The number of nitro groups is 1. The number of hydrogen-bond acceptors (Lipinski definition) is 5. The standard InChI is InChI=1S/C11H10ClN5O3/c1-5-9(6(2)16-15-5)14-11(18)8-3-7(17(19)20)4-13-10(8)12/h3-4H,1-2H3,(H,14,18)(H,15,16). The van der Waals surface area contributed by atoms with Crippen LogP contribution in [-0.4, -0.2) is 26.0 Å². The van der Waals surface area contributed by atoms with Gasteiger partial charge in [0, 0.05) is 6.07 Å². The van der Waals surface area contributed by atoms with Gasteiger partial charge in [-0.25, -0.2) is 4.98 Å². The topological polar surface area (TPSA) is 114 Å². The van der Waals surface area contributed by atoms with Crippen molar-refractivity contribution < 1.29 is 9.72 Å². The molecule has 0 atom stereocenters. The first kappa shape index (κ1) is 13.9. The Hall–Kier alpha value is -2.48. The maximum Gasteiger partial charge on any atom is 0.288 e. The summed E-state index contributed by atoms with van der Waals surface area (Å²) < 4.78 is 0. The highest BCUT2D eigenvalue weighted by Gasteiger charge is 2.19. The van der Waals surface area contributed by atoms with Gasteiger partial charge in [0.05, 0.1) is 27.6 Å². The number of nitrogens with one attached hydrogen (secondary N) is 2. The molecule has 0 fully saturated rings. The third kappa shape index (κ3) is 2.59. The molecule has 0 saturated carbocycles. The van der Waals surface area contributed by atoms with Crippen molar-refractivity contribution in [3.63, 3.8) is 0 Å². The average Bonchev–Trinajstić information content (AvgIpc) is 2.70. The predicted molar refractivity (Wildman–Crippen MR) is 71.9 cm³/mol. The average molecular weight is 296 g/mol. The number of hydrogen-bond donors (Lipinski definition) is 2. The molecule has 2 aromatic heterocycles. The van der Waals surface area contributed by atoms with Crippen LogP contribution in [0, 0.1) is 24.0 Å². The molecule has 0 aliphatic heterocycles. The Bertz CT molecular complexity index is 678. The highest BCUT2D eigenvalue weighted by molar-refractivity contribution is 6.33. The van der Waals surface area contributed by atoms with E-state index < -0.39 is 10.8 Å². The van der Waals surface area contributed by atoms with E-state index in [0.29, 0.717) is 17.1 Å². The second kappa shape index (κ2) is 5.25. The summed E-state index contributed by atoms with van der Waals surface area (Å²) in [5.41, 5.74) is 1.41. The Morgan fingerprint density at radius 1 is 1.50 bits per heavy atom. The zero-order valence-electron chi connectivity index (χ0n) is 10.6. The first-order chi connectivity index (χ1) is 9.40. The molecule has 2 rings (SSSR count). The minimum absolute atomic E-state index is 0.0686. The number of H-pyrrole nitrogens is 1. The number of aryl methyl sites for hydroxylation is 2. The minimum Gasteiger partial charge on any atom is -0.319 e. The lowest BCUT2D eigenvalue weighted by atomic mass is 10.2. The molecule has 2 heterocycles. The lowest BCUT2D eigenvalue weighted by molar-refractivity contribution is -0.385. The number of halogens is 1. The third-order valence-electron chi connectivity index (χ3n) is 2.65. The van der Waals surface area contributed by atoms with E-state index in [1.165, 1.54) is 0 Å². The molecule has 0 aliphatic carbocycles. The third-order valence-corrected chi connectivity index (χ3v) is 2.95. The van der Waals surface area contributed by atoms with E-state index in [4.69, 9.17) is 11.6 Å². The van der Waals surface area contributed by atoms with Gasteiger partial charge >= 0.3 is 0 Å². The quantitative estimate of drug-likeness (QED) is 0.512. The number of carbonyl (C=O) groups excluding carboxylic acids is 1. The molecule has 0 aromatic carbocycles. The molecule has 104 valence electrons. The lowest BCUT2D eigenvalue weighted by Crippen LogP contribution is -2.14. The van der Waals surface area contributed by atoms with Crippen LogP contribution in [0.2, 0.25) is 5.15 Å². The molecule has 0 aliphatic rings. The number of aromatic amines is 1. The van der Waals surface area contributed by atoms with E-state index in [-0.39, 0.29) is 16.4 Å². The van der Waals surface area contributed by atoms with Gasteiger partial charge in [-0.15, -0.1) is 0 Å². The molecule has 0 saturated heterocycles. The molecule has 9 heteroatoms. The molecule has 20 heavy (non-hydrogen) atoms. The van der Waals surface area contributed by atoms with Crippen LogP contribution in [0.3, 0.4) is 0 Å². The van der Waals surface area contributed by atoms with Gasteiger partial charge in [0.25, 0.3) is 11.6 Å². The Morgan fingerprint density at radius 3 is 2.75 bits per heavy atom. The van der Waals surface area contributed by atoms with Crippen molar-refractivity contribution in [3.05, 3.63) is 44.5 Å². The number of rotatable bonds is 3. The van der Waals surface area contributed by atoms with Crippen LogP contribution < -0.4 is 5.32 Å². The van der Waals surface area contributed by atoms with Crippen LogP contribution in [0.15, 0.2) is 12.3 Å². The summed E-state index contributed by atoms with van der Waals surface area (Å²) in [6.45, 7) is 3.45. The Morgan fingerprint density at radius 2 is 2.20 bits per heavy atom. The second-order valence-corrected chi connectivity index (χ2v) is 4.41. The molecular weight excluding hydrogens is 286 g/mol. The first-order valence-electron chi connectivity index (χ1n) is 5.53. The number of amides is 1. The fraction of sp³-hybridized carbons (Fsp3) is 0.182. The zero-order chi connectivity index (χ0) is 14.9.